The van der Waals surface area contributed by atoms with E-state index in [4.69, 9.17) is 14.2 Å². The molecule has 0 spiro atoms. The van der Waals surface area contributed by atoms with Crippen LogP contribution in [0.3, 0.4) is 0 Å². The van der Waals surface area contributed by atoms with Crippen LogP contribution in [0.4, 0.5) is 10.2 Å². The fourth-order valence-electron chi connectivity index (χ4n) is 3.19. The van der Waals surface area contributed by atoms with E-state index in [0.29, 0.717) is 29.9 Å². The summed E-state index contributed by atoms with van der Waals surface area (Å²) in [5, 5.41) is 4.14. The van der Waals surface area contributed by atoms with Gasteiger partial charge in [0, 0.05) is 11.5 Å². The number of benzene rings is 2. The number of nitrogens with zero attached hydrogens (tertiary/aromatic N) is 2. The highest BCUT2D eigenvalue weighted by atomic mass is 19.1. The average Bonchev–Trinajstić information content (AvgIpc) is 2.71. The molecule has 0 fully saturated rings. The van der Waals surface area contributed by atoms with Crippen molar-refractivity contribution in [1.82, 2.24) is 9.97 Å². The zero-order valence-electron chi connectivity index (χ0n) is 15.2. The summed E-state index contributed by atoms with van der Waals surface area (Å²) >= 11 is 0. The largest absolute Gasteiger partial charge is 0.494 e. The van der Waals surface area contributed by atoms with Crippen LogP contribution in [0.5, 0.6) is 17.2 Å². The van der Waals surface area contributed by atoms with Gasteiger partial charge in [0.15, 0.2) is 23.1 Å². The van der Waals surface area contributed by atoms with Crippen molar-refractivity contribution in [2.45, 2.75) is 19.4 Å². The van der Waals surface area contributed by atoms with Gasteiger partial charge in [-0.1, -0.05) is 13.0 Å². The molecule has 2 heterocycles. The Morgan fingerprint density at radius 1 is 1.15 bits per heavy atom. The summed E-state index contributed by atoms with van der Waals surface area (Å²) in [6, 6.07) is 8.88. The minimum Gasteiger partial charge on any atom is -0.494 e. The first-order valence-corrected chi connectivity index (χ1v) is 8.84. The number of anilines is 1. The lowest BCUT2D eigenvalue weighted by Crippen LogP contribution is -2.16. The molecule has 0 saturated heterocycles. The van der Waals surface area contributed by atoms with Crippen LogP contribution in [0.1, 0.15) is 24.9 Å². The van der Waals surface area contributed by atoms with Gasteiger partial charge in [-0.2, -0.15) is 0 Å². The zero-order chi connectivity index (χ0) is 18.8. The maximum absolute atomic E-state index is 14.0. The van der Waals surface area contributed by atoms with E-state index >= 15 is 0 Å². The van der Waals surface area contributed by atoms with Crippen molar-refractivity contribution in [2.75, 3.05) is 25.6 Å². The van der Waals surface area contributed by atoms with E-state index in [-0.39, 0.29) is 11.8 Å². The summed E-state index contributed by atoms with van der Waals surface area (Å²) in [7, 11) is 1.44. The smallest absolute Gasteiger partial charge is 0.167 e. The Bertz CT molecular complexity index is 980. The first-order valence-electron chi connectivity index (χ1n) is 8.84. The molecule has 0 bridgehead atoms. The topological polar surface area (TPSA) is 65.5 Å². The predicted octanol–water partition coefficient (Wildman–Crippen LogP) is 4.11. The third kappa shape index (κ3) is 3.32. The second kappa shape index (κ2) is 7.26. The molecule has 1 N–H and O–H groups in total. The van der Waals surface area contributed by atoms with Crippen LogP contribution in [-0.4, -0.2) is 30.3 Å². The molecule has 1 aromatic heterocycles. The molecule has 4 rings (SSSR count). The van der Waals surface area contributed by atoms with Gasteiger partial charge in [0.05, 0.1) is 18.7 Å². The minimum absolute atomic E-state index is 0.00465. The summed E-state index contributed by atoms with van der Waals surface area (Å²) in [6.07, 6.45) is 2.25. The number of hydrogen-bond donors (Lipinski definition) is 1. The van der Waals surface area contributed by atoms with Gasteiger partial charge in [-0.15, -0.1) is 0 Å². The Labute approximate surface area is 156 Å². The normalized spacial score (nSPS) is 14.0. The molecule has 2 aromatic carbocycles. The first-order chi connectivity index (χ1) is 13.2. The van der Waals surface area contributed by atoms with Crippen LogP contribution < -0.4 is 19.5 Å². The van der Waals surface area contributed by atoms with E-state index in [1.807, 2.05) is 18.2 Å². The summed E-state index contributed by atoms with van der Waals surface area (Å²) in [4.78, 5) is 8.51. The molecule has 6 nitrogen and oxygen atoms in total. The van der Waals surface area contributed by atoms with Crippen molar-refractivity contribution in [1.29, 1.82) is 0 Å². The van der Waals surface area contributed by atoms with Crippen LogP contribution in [0, 0.1) is 5.82 Å². The summed E-state index contributed by atoms with van der Waals surface area (Å²) in [6.45, 7) is 3.19. The standard InChI is InChI=1S/C20H20FN3O3/c1-3-15(12-4-5-17-19(8-12)27-7-6-26-17)24-20-13-9-18(25-2)14(21)10-16(13)22-11-23-20/h4-5,8-11,15H,3,6-7H2,1-2H3,(H,22,23,24). The molecule has 3 aromatic rings. The SMILES string of the molecule is CCC(Nc1ncnc2cc(F)c(OC)cc12)c1ccc2c(c1)OCCO2. The molecular weight excluding hydrogens is 349 g/mol. The van der Waals surface area contributed by atoms with Crippen molar-refractivity contribution in [3.05, 3.63) is 48.0 Å². The number of hydrogen-bond acceptors (Lipinski definition) is 6. The maximum atomic E-state index is 14.0. The molecular formula is C20H20FN3O3. The second-order valence-corrected chi connectivity index (χ2v) is 6.23. The first kappa shape index (κ1) is 17.3. The van der Waals surface area contributed by atoms with E-state index < -0.39 is 5.82 Å². The molecule has 0 amide bonds. The molecule has 0 radical (unpaired) electrons. The van der Waals surface area contributed by atoms with E-state index in [9.17, 15) is 4.39 Å². The van der Waals surface area contributed by atoms with Gasteiger partial charge in [-0.25, -0.2) is 14.4 Å². The molecule has 1 aliphatic heterocycles. The molecule has 1 unspecified atom stereocenters. The van der Waals surface area contributed by atoms with E-state index in [2.05, 4.69) is 22.2 Å². The quantitative estimate of drug-likeness (QED) is 0.730. The molecule has 0 aliphatic carbocycles. The monoisotopic (exact) mass is 369 g/mol. The highest BCUT2D eigenvalue weighted by molar-refractivity contribution is 5.90. The number of halogens is 1. The summed E-state index contributed by atoms with van der Waals surface area (Å²) in [5.41, 5.74) is 1.57. The van der Waals surface area contributed by atoms with E-state index in [1.165, 1.54) is 19.5 Å². The lowest BCUT2D eigenvalue weighted by molar-refractivity contribution is 0.171. The van der Waals surface area contributed by atoms with Crippen molar-refractivity contribution >= 4 is 16.7 Å². The van der Waals surface area contributed by atoms with Gasteiger partial charge >= 0.3 is 0 Å². The number of fused-ring (bicyclic) bond motifs is 2. The van der Waals surface area contributed by atoms with Gasteiger partial charge in [-0.05, 0) is 30.2 Å². The molecule has 1 atom stereocenters. The Morgan fingerprint density at radius 2 is 1.96 bits per heavy atom. The molecule has 27 heavy (non-hydrogen) atoms. The zero-order valence-corrected chi connectivity index (χ0v) is 15.2. The Kier molecular flexibility index (Phi) is 4.66. The molecule has 140 valence electrons. The molecule has 1 aliphatic rings. The highest BCUT2D eigenvalue weighted by Gasteiger charge is 2.18. The maximum Gasteiger partial charge on any atom is 0.167 e. The van der Waals surface area contributed by atoms with Crippen molar-refractivity contribution in [3.63, 3.8) is 0 Å². The lowest BCUT2D eigenvalue weighted by atomic mass is 10.0. The number of rotatable bonds is 5. The predicted molar refractivity (Wildman–Crippen MR) is 100 cm³/mol. The average molecular weight is 369 g/mol. The van der Waals surface area contributed by atoms with E-state index in [0.717, 1.165) is 23.5 Å². The van der Waals surface area contributed by atoms with Crippen molar-refractivity contribution in [3.8, 4) is 17.2 Å². The van der Waals surface area contributed by atoms with Gasteiger partial charge in [0.2, 0.25) is 0 Å². The van der Waals surface area contributed by atoms with Crippen LogP contribution in [0.2, 0.25) is 0 Å². The Balaban J connectivity index is 1.69. The fraction of sp³-hybridized carbons (Fsp3) is 0.300. The van der Waals surface area contributed by atoms with Crippen LogP contribution >= 0.6 is 0 Å². The van der Waals surface area contributed by atoms with Crippen LogP contribution in [0.15, 0.2) is 36.7 Å². The van der Waals surface area contributed by atoms with Gasteiger partial charge in [0.1, 0.15) is 25.4 Å². The number of aromatic nitrogens is 2. The van der Waals surface area contributed by atoms with E-state index in [1.54, 1.807) is 6.07 Å². The summed E-state index contributed by atoms with van der Waals surface area (Å²) in [5.74, 6) is 1.84. The Hall–Kier alpha value is -3.09. The van der Waals surface area contributed by atoms with Crippen LogP contribution in [0.25, 0.3) is 10.9 Å². The van der Waals surface area contributed by atoms with Crippen molar-refractivity contribution < 1.29 is 18.6 Å². The van der Waals surface area contributed by atoms with Gasteiger partial charge < -0.3 is 19.5 Å². The molecule has 0 saturated carbocycles. The number of methoxy groups -OCH3 is 1. The van der Waals surface area contributed by atoms with Gasteiger partial charge in [0.25, 0.3) is 0 Å². The van der Waals surface area contributed by atoms with Gasteiger partial charge in [-0.3, -0.25) is 0 Å². The second-order valence-electron chi connectivity index (χ2n) is 6.23. The third-order valence-electron chi connectivity index (χ3n) is 4.60. The Morgan fingerprint density at radius 3 is 2.74 bits per heavy atom. The third-order valence-corrected chi connectivity index (χ3v) is 4.60. The number of nitrogens with one attached hydrogen (secondary N) is 1. The fourth-order valence-corrected chi connectivity index (χ4v) is 3.19. The van der Waals surface area contributed by atoms with Crippen LogP contribution in [-0.2, 0) is 0 Å². The summed E-state index contributed by atoms with van der Waals surface area (Å²) < 4.78 is 30.3. The minimum atomic E-state index is -0.450. The number of ether oxygens (including phenoxy) is 3. The van der Waals surface area contributed by atoms with Crippen molar-refractivity contribution in [2.24, 2.45) is 0 Å². The lowest BCUT2D eigenvalue weighted by Gasteiger charge is -2.23. The highest BCUT2D eigenvalue weighted by Crippen LogP contribution is 2.35. The molecule has 7 heteroatoms.